The zero-order valence-corrected chi connectivity index (χ0v) is 7.26. The van der Waals surface area contributed by atoms with Crippen LogP contribution in [0.2, 0.25) is 0 Å². The topological polar surface area (TPSA) is 42.9 Å². The van der Waals surface area contributed by atoms with Crippen molar-refractivity contribution < 1.29 is 4.79 Å². The van der Waals surface area contributed by atoms with Gasteiger partial charge < -0.3 is 0 Å². The Morgan fingerprint density at radius 2 is 2.33 bits per heavy atom. The number of carbonyl (C=O) groups excluding carboxylic acids is 1. The summed E-state index contributed by atoms with van der Waals surface area (Å²) in [5.74, 6) is -0.00898. The number of hydrogen-bond acceptors (Lipinski definition) is 4. The lowest BCUT2D eigenvalue weighted by Gasteiger charge is -1.92. The van der Waals surface area contributed by atoms with E-state index in [1.54, 1.807) is 11.6 Å². The standard InChI is InChI=1S/C8H6N2OS/c1-5(11)6-2-3-7-8(10-6)12-4-9-7/h2-4H,1H3. The highest BCUT2D eigenvalue weighted by Crippen LogP contribution is 2.15. The van der Waals surface area contributed by atoms with Crippen LogP contribution < -0.4 is 0 Å². The van der Waals surface area contributed by atoms with Crippen molar-refractivity contribution in [2.24, 2.45) is 0 Å². The molecule has 0 aliphatic rings. The number of hydrogen-bond donors (Lipinski definition) is 0. The highest BCUT2D eigenvalue weighted by atomic mass is 32.1. The van der Waals surface area contributed by atoms with Crippen molar-refractivity contribution >= 4 is 27.5 Å². The van der Waals surface area contributed by atoms with Gasteiger partial charge in [-0.1, -0.05) is 0 Å². The number of ketones is 1. The molecular weight excluding hydrogens is 172 g/mol. The molecule has 2 rings (SSSR count). The van der Waals surface area contributed by atoms with Gasteiger partial charge in [-0.15, -0.1) is 11.3 Å². The van der Waals surface area contributed by atoms with Crippen molar-refractivity contribution in [1.82, 2.24) is 9.97 Å². The number of Topliss-reactive ketones (excluding diaryl/α,β-unsaturated/α-hetero) is 1. The number of rotatable bonds is 1. The van der Waals surface area contributed by atoms with Gasteiger partial charge in [0.2, 0.25) is 0 Å². The molecule has 0 aliphatic heterocycles. The lowest BCUT2D eigenvalue weighted by molar-refractivity contribution is 0.101. The molecule has 0 saturated carbocycles. The second-order valence-corrected chi connectivity index (χ2v) is 3.26. The Labute approximate surface area is 73.1 Å². The van der Waals surface area contributed by atoms with Crippen molar-refractivity contribution in [3.05, 3.63) is 23.3 Å². The molecule has 2 heterocycles. The smallest absolute Gasteiger partial charge is 0.178 e. The normalized spacial score (nSPS) is 10.4. The Morgan fingerprint density at radius 1 is 1.50 bits per heavy atom. The van der Waals surface area contributed by atoms with Gasteiger partial charge in [0.15, 0.2) is 5.78 Å². The van der Waals surface area contributed by atoms with Gasteiger partial charge in [0, 0.05) is 6.92 Å². The largest absolute Gasteiger partial charge is 0.293 e. The van der Waals surface area contributed by atoms with Gasteiger partial charge in [-0.2, -0.15) is 0 Å². The molecule has 0 N–H and O–H groups in total. The van der Waals surface area contributed by atoms with E-state index in [1.807, 2.05) is 6.07 Å². The van der Waals surface area contributed by atoms with Gasteiger partial charge in [-0.05, 0) is 12.1 Å². The van der Waals surface area contributed by atoms with Crippen molar-refractivity contribution in [3.8, 4) is 0 Å². The molecule has 2 aromatic rings. The zero-order chi connectivity index (χ0) is 8.55. The average Bonchev–Trinajstić information content (AvgIpc) is 2.49. The van der Waals surface area contributed by atoms with Crippen molar-refractivity contribution in [1.29, 1.82) is 0 Å². The lowest BCUT2D eigenvalue weighted by atomic mass is 10.3. The summed E-state index contributed by atoms with van der Waals surface area (Å²) < 4.78 is 0. The molecule has 0 saturated heterocycles. The molecule has 0 amide bonds. The molecule has 0 bridgehead atoms. The summed E-state index contributed by atoms with van der Waals surface area (Å²) in [5, 5.41) is 0. The summed E-state index contributed by atoms with van der Waals surface area (Å²) >= 11 is 1.44. The van der Waals surface area contributed by atoms with E-state index in [1.165, 1.54) is 18.3 Å². The van der Waals surface area contributed by atoms with Crippen LogP contribution in [-0.2, 0) is 0 Å². The zero-order valence-electron chi connectivity index (χ0n) is 6.44. The fraction of sp³-hybridized carbons (Fsp3) is 0.125. The number of thiazole rings is 1. The fourth-order valence-corrected chi connectivity index (χ4v) is 1.61. The van der Waals surface area contributed by atoms with Gasteiger partial charge in [-0.3, -0.25) is 4.79 Å². The number of aromatic nitrogens is 2. The second kappa shape index (κ2) is 2.64. The average molecular weight is 178 g/mol. The predicted octanol–water partition coefficient (Wildman–Crippen LogP) is 1.89. The van der Waals surface area contributed by atoms with Gasteiger partial charge in [-0.25, -0.2) is 9.97 Å². The predicted molar refractivity (Wildman–Crippen MR) is 47.4 cm³/mol. The lowest BCUT2D eigenvalue weighted by Crippen LogP contribution is -1.94. The van der Waals surface area contributed by atoms with E-state index in [0.717, 1.165) is 10.3 Å². The van der Waals surface area contributed by atoms with E-state index >= 15 is 0 Å². The maximum Gasteiger partial charge on any atom is 0.178 e. The van der Waals surface area contributed by atoms with Crippen LogP contribution in [0.15, 0.2) is 17.6 Å². The quantitative estimate of drug-likeness (QED) is 0.626. The molecule has 0 unspecified atom stereocenters. The molecule has 0 spiro atoms. The van der Waals surface area contributed by atoms with E-state index in [0.29, 0.717) is 5.69 Å². The summed E-state index contributed by atoms with van der Waals surface area (Å²) in [5.41, 5.74) is 3.08. The minimum absolute atomic E-state index is 0.00898. The van der Waals surface area contributed by atoms with Crippen molar-refractivity contribution in [3.63, 3.8) is 0 Å². The number of fused-ring (bicyclic) bond motifs is 1. The summed E-state index contributed by atoms with van der Waals surface area (Å²) in [6.07, 6.45) is 0. The molecule has 0 radical (unpaired) electrons. The molecule has 12 heavy (non-hydrogen) atoms. The third-order valence-corrected chi connectivity index (χ3v) is 2.29. The first kappa shape index (κ1) is 7.36. The first-order valence-corrected chi connectivity index (χ1v) is 4.36. The second-order valence-electron chi connectivity index (χ2n) is 2.43. The van der Waals surface area contributed by atoms with Crippen LogP contribution >= 0.6 is 11.3 Å². The summed E-state index contributed by atoms with van der Waals surface area (Å²) in [7, 11) is 0. The minimum Gasteiger partial charge on any atom is -0.293 e. The Morgan fingerprint density at radius 3 is 3.08 bits per heavy atom. The molecule has 60 valence electrons. The molecule has 3 nitrogen and oxygen atoms in total. The van der Waals surface area contributed by atoms with Crippen LogP contribution in [0.4, 0.5) is 0 Å². The van der Waals surface area contributed by atoms with E-state index < -0.39 is 0 Å². The van der Waals surface area contributed by atoms with Gasteiger partial charge >= 0.3 is 0 Å². The van der Waals surface area contributed by atoms with Gasteiger partial charge in [0.25, 0.3) is 0 Å². The van der Waals surface area contributed by atoms with Crippen LogP contribution in [0.25, 0.3) is 10.3 Å². The third-order valence-electron chi connectivity index (χ3n) is 1.56. The third kappa shape index (κ3) is 1.10. The highest BCUT2D eigenvalue weighted by Gasteiger charge is 2.03. The SMILES string of the molecule is CC(=O)c1ccc2ncsc2n1. The molecule has 0 aromatic carbocycles. The molecule has 0 fully saturated rings. The highest BCUT2D eigenvalue weighted by molar-refractivity contribution is 7.16. The van der Waals surface area contributed by atoms with Crippen LogP contribution in [0.3, 0.4) is 0 Å². The molecule has 4 heteroatoms. The number of nitrogens with zero attached hydrogens (tertiary/aromatic N) is 2. The van der Waals surface area contributed by atoms with E-state index in [9.17, 15) is 4.79 Å². The van der Waals surface area contributed by atoms with E-state index in [2.05, 4.69) is 9.97 Å². The summed E-state index contributed by atoms with van der Waals surface area (Å²) in [6.45, 7) is 1.51. The van der Waals surface area contributed by atoms with Crippen LogP contribution in [0.5, 0.6) is 0 Å². The first-order valence-electron chi connectivity index (χ1n) is 3.48. The molecule has 2 aromatic heterocycles. The Bertz CT molecular complexity index is 435. The van der Waals surface area contributed by atoms with Crippen LogP contribution in [0.1, 0.15) is 17.4 Å². The number of carbonyl (C=O) groups is 1. The Hall–Kier alpha value is -1.29. The molecule has 0 aliphatic carbocycles. The number of pyridine rings is 1. The Balaban J connectivity index is 2.68. The van der Waals surface area contributed by atoms with Crippen molar-refractivity contribution in [2.45, 2.75) is 6.92 Å². The van der Waals surface area contributed by atoms with Crippen LogP contribution in [0, 0.1) is 0 Å². The molecule has 0 atom stereocenters. The maximum atomic E-state index is 10.9. The molecular formula is C8H6N2OS. The summed E-state index contributed by atoms with van der Waals surface area (Å²) in [4.78, 5) is 20.0. The van der Waals surface area contributed by atoms with E-state index in [4.69, 9.17) is 0 Å². The maximum absolute atomic E-state index is 10.9. The fourth-order valence-electron chi connectivity index (χ4n) is 0.947. The summed E-state index contributed by atoms with van der Waals surface area (Å²) in [6, 6.07) is 3.51. The van der Waals surface area contributed by atoms with E-state index in [-0.39, 0.29) is 5.78 Å². The first-order chi connectivity index (χ1) is 5.77. The van der Waals surface area contributed by atoms with Crippen LogP contribution in [-0.4, -0.2) is 15.8 Å². The van der Waals surface area contributed by atoms with Crippen molar-refractivity contribution in [2.75, 3.05) is 0 Å². The van der Waals surface area contributed by atoms with Gasteiger partial charge in [0.1, 0.15) is 10.5 Å². The van der Waals surface area contributed by atoms with Gasteiger partial charge in [0.05, 0.1) is 11.0 Å². The Kier molecular flexibility index (Phi) is 1.62. The minimum atomic E-state index is -0.00898. The monoisotopic (exact) mass is 178 g/mol.